The Kier molecular flexibility index (Phi) is 4.73. The van der Waals surface area contributed by atoms with Gasteiger partial charge in [-0.05, 0) is 61.7 Å². The number of aliphatic hydroxyl groups is 1. The molecule has 0 aromatic carbocycles. The molecule has 0 bridgehead atoms. The molecule has 0 amide bonds. The van der Waals surface area contributed by atoms with Gasteiger partial charge in [-0.3, -0.25) is 0 Å². The van der Waals surface area contributed by atoms with Gasteiger partial charge in [0.1, 0.15) is 0 Å². The van der Waals surface area contributed by atoms with Gasteiger partial charge in [0.15, 0.2) is 0 Å². The molecule has 0 aliphatic heterocycles. The molecule has 5 fully saturated rings. The highest BCUT2D eigenvalue weighted by Crippen LogP contribution is 2.81. The molecule has 5 heteroatoms. The van der Waals surface area contributed by atoms with E-state index < -0.39 is 16.1 Å². The minimum Gasteiger partial charge on any atom is -0.392 e. The standard InChI is InChI=1S/C23H39NO3S/c1-16-19-13-20(25)23(14-22(16,2)21(19)23)15-28(26,27)24(17-9-5-3-6-10-17)18-11-7-4-8-12-18/h16-21,25H,3-15H2,1-2H3. The average molecular weight is 410 g/mol. The fourth-order valence-corrected chi connectivity index (χ4v) is 11.3. The lowest BCUT2D eigenvalue weighted by Gasteiger charge is -2.72. The second-order valence-electron chi connectivity index (χ2n) is 11.3. The Morgan fingerprint density at radius 1 is 0.964 bits per heavy atom. The fourth-order valence-electron chi connectivity index (χ4n) is 8.71. The molecule has 6 atom stereocenters. The number of nitrogens with zero attached hydrogens (tertiary/aromatic N) is 1. The lowest BCUT2D eigenvalue weighted by atomic mass is 9.33. The van der Waals surface area contributed by atoms with E-state index in [2.05, 4.69) is 13.8 Å². The number of rotatable bonds is 5. The number of hydrogen-bond donors (Lipinski definition) is 1. The summed E-state index contributed by atoms with van der Waals surface area (Å²) in [6.07, 6.45) is 12.6. The highest BCUT2D eigenvalue weighted by atomic mass is 32.2. The molecule has 0 aromatic heterocycles. The first kappa shape index (κ1) is 19.8. The van der Waals surface area contributed by atoms with Crippen LogP contribution >= 0.6 is 0 Å². The fraction of sp³-hybridized carbons (Fsp3) is 1.00. The van der Waals surface area contributed by atoms with E-state index in [9.17, 15) is 13.5 Å². The van der Waals surface area contributed by atoms with Gasteiger partial charge in [-0.25, -0.2) is 8.42 Å². The molecule has 4 nitrogen and oxygen atoms in total. The third-order valence-corrected chi connectivity index (χ3v) is 12.1. The van der Waals surface area contributed by atoms with E-state index >= 15 is 0 Å². The van der Waals surface area contributed by atoms with Gasteiger partial charge >= 0.3 is 0 Å². The van der Waals surface area contributed by atoms with Gasteiger partial charge in [-0.2, -0.15) is 4.31 Å². The van der Waals surface area contributed by atoms with Crippen molar-refractivity contribution in [2.45, 2.75) is 109 Å². The van der Waals surface area contributed by atoms with Crippen molar-refractivity contribution in [2.24, 2.45) is 28.6 Å². The second kappa shape index (κ2) is 6.68. The summed E-state index contributed by atoms with van der Waals surface area (Å²) in [6, 6.07) is 0.415. The molecule has 5 aliphatic carbocycles. The Morgan fingerprint density at radius 2 is 1.50 bits per heavy atom. The summed E-state index contributed by atoms with van der Waals surface area (Å²) < 4.78 is 29.9. The highest BCUT2D eigenvalue weighted by Gasteiger charge is 2.79. The minimum atomic E-state index is -3.35. The molecular weight excluding hydrogens is 370 g/mol. The molecule has 5 rings (SSSR count). The molecule has 5 saturated carbocycles. The van der Waals surface area contributed by atoms with Gasteiger partial charge in [0.25, 0.3) is 0 Å². The lowest BCUT2D eigenvalue weighted by molar-refractivity contribution is -0.245. The summed E-state index contributed by atoms with van der Waals surface area (Å²) in [6.45, 7) is 4.65. The maximum atomic E-state index is 13.9. The summed E-state index contributed by atoms with van der Waals surface area (Å²) >= 11 is 0. The number of hydrogen-bond acceptors (Lipinski definition) is 3. The van der Waals surface area contributed by atoms with Crippen molar-refractivity contribution < 1.29 is 13.5 Å². The van der Waals surface area contributed by atoms with Crippen molar-refractivity contribution in [1.82, 2.24) is 4.31 Å². The Hall–Kier alpha value is -0.130. The van der Waals surface area contributed by atoms with Crippen molar-refractivity contribution in [3.05, 3.63) is 0 Å². The Morgan fingerprint density at radius 3 is 2.04 bits per heavy atom. The zero-order valence-corrected chi connectivity index (χ0v) is 18.6. The van der Waals surface area contributed by atoms with Crippen LogP contribution in [0.3, 0.4) is 0 Å². The minimum absolute atomic E-state index is 0.206. The molecule has 28 heavy (non-hydrogen) atoms. The van der Waals surface area contributed by atoms with E-state index in [-0.39, 0.29) is 28.7 Å². The van der Waals surface area contributed by atoms with E-state index in [0.717, 1.165) is 64.2 Å². The number of aliphatic hydroxyl groups excluding tert-OH is 1. The summed E-state index contributed by atoms with van der Waals surface area (Å²) in [5.74, 6) is 1.82. The third-order valence-electron chi connectivity index (χ3n) is 9.95. The molecule has 160 valence electrons. The third kappa shape index (κ3) is 2.64. The second-order valence-corrected chi connectivity index (χ2v) is 13.1. The van der Waals surface area contributed by atoms with Gasteiger partial charge in [0, 0.05) is 17.5 Å². The van der Waals surface area contributed by atoms with Crippen molar-refractivity contribution in [1.29, 1.82) is 0 Å². The van der Waals surface area contributed by atoms with Crippen LogP contribution in [0.4, 0.5) is 0 Å². The van der Waals surface area contributed by atoms with Crippen LogP contribution in [0.25, 0.3) is 0 Å². The molecule has 1 N–H and O–H groups in total. The predicted molar refractivity (Wildman–Crippen MR) is 111 cm³/mol. The molecule has 0 radical (unpaired) electrons. The first-order valence-electron chi connectivity index (χ1n) is 12.0. The van der Waals surface area contributed by atoms with E-state index in [1.54, 1.807) is 0 Å². The first-order valence-corrected chi connectivity index (χ1v) is 13.6. The van der Waals surface area contributed by atoms with E-state index in [1.165, 1.54) is 12.8 Å². The number of sulfonamides is 1. The van der Waals surface area contributed by atoms with Gasteiger partial charge < -0.3 is 5.11 Å². The summed E-state index contributed by atoms with van der Waals surface area (Å²) in [4.78, 5) is 0. The molecular formula is C23H39NO3S. The van der Waals surface area contributed by atoms with Gasteiger partial charge in [-0.15, -0.1) is 0 Å². The van der Waals surface area contributed by atoms with Gasteiger partial charge in [0.2, 0.25) is 10.0 Å². The summed E-state index contributed by atoms with van der Waals surface area (Å²) in [7, 11) is -3.35. The molecule has 0 spiro atoms. The van der Waals surface area contributed by atoms with Gasteiger partial charge in [0.05, 0.1) is 11.9 Å². The Labute approximate surface area is 171 Å². The predicted octanol–water partition coefficient (Wildman–Crippen LogP) is 4.33. The Balaban J connectivity index is 1.42. The quantitative estimate of drug-likeness (QED) is 0.735. The largest absolute Gasteiger partial charge is 0.392 e. The lowest BCUT2D eigenvalue weighted by Crippen LogP contribution is -2.70. The topological polar surface area (TPSA) is 57.6 Å². The monoisotopic (exact) mass is 409 g/mol. The van der Waals surface area contributed by atoms with Crippen molar-refractivity contribution >= 4 is 10.0 Å². The van der Waals surface area contributed by atoms with Crippen LogP contribution in [0.5, 0.6) is 0 Å². The van der Waals surface area contributed by atoms with Crippen LogP contribution in [-0.2, 0) is 10.0 Å². The van der Waals surface area contributed by atoms with Gasteiger partial charge in [-0.1, -0.05) is 52.4 Å². The maximum Gasteiger partial charge on any atom is 0.215 e. The molecule has 0 saturated heterocycles. The van der Waals surface area contributed by atoms with Crippen LogP contribution in [0, 0.1) is 28.6 Å². The van der Waals surface area contributed by atoms with Crippen LogP contribution in [0.2, 0.25) is 0 Å². The Bertz CT molecular complexity index is 693. The van der Waals surface area contributed by atoms with Crippen molar-refractivity contribution in [2.75, 3.05) is 5.75 Å². The van der Waals surface area contributed by atoms with E-state index in [0.29, 0.717) is 17.8 Å². The normalized spacial score (nSPS) is 46.9. The van der Waals surface area contributed by atoms with E-state index in [4.69, 9.17) is 0 Å². The average Bonchev–Trinajstić information content (AvgIpc) is 2.83. The summed E-state index contributed by atoms with van der Waals surface area (Å²) in [5.41, 5.74) is -0.0789. The molecule has 0 heterocycles. The SMILES string of the molecule is CC1C2CC(O)C3(CS(=O)(=O)N(C4CCCCC4)C4CCCCC4)CC1(C)C23. The van der Waals surface area contributed by atoms with Crippen LogP contribution in [0.15, 0.2) is 0 Å². The van der Waals surface area contributed by atoms with Crippen LogP contribution in [-0.4, -0.2) is 41.8 Å². The zero-order chi connectivity index (χ0) is 19.7. The van der Waals surface area contributed by atoms with Crippen LogP contribution in [0.1, 0.15) is 90.9 Å². The van der Waals surface area contributed by atoms with Crippen LogP contribution < -0.4 is 0 Å². The van der Waals surface area contributed by atoms with Crippen molar-refractivity contribution in [3.63, 3.8) is 0 Å². The highest BCUT2D eigenvalue weighted by molar-refractivity contribution is 7.89. The molecule has 5 aliphatic rings. The summed E-state index contributed by atoms with van der Waals surface area (Å²) in [5, 5.41) is 11.0. The zero-order valence-electron chi connectivity index (χ0n) is 17.8. The molecule has 6 unspecified atom stereocenters. The maximum absolute atomic E-state index is 13.9. The smallest absolute Gasteiger partial charge is 0.215 e. The van der Waals surface area contributed by atoms with E-state index in [1.807, 2.05) is 4.31 Å². The molecule has 0 aromatic rings. The first-order chi connectivity index (χ1) is 13.3. The van der Waals surface area contributed by atoms with Crippen molar-refractivity contribution in [3.8, 4) is 0 Å².